The first-order chi connectivity index (χ1) is 8.26. The first-order valence-electron chi connectivity index (χ1n) is 5.71. The van der Waals surface area contributed by atoms with Gasteiger partial charge in [-0.1, -0.05) is 38.1 Å². The molecule has 102 valence electrons. The minimum absolute atomic E-state index is 0.0574. The minimum Gasteiger partial charge on any atom is -0.374 e. The van der Waals surface area contributed by atoms with E-state index in [0.29, 0.717) is 5.56 Å². The highest BCUT2D eigenvalue weighted by Gasteiger charge is 2.55. The zero-order chi connectivity index (χ0) is 14.0. The Morgan fingerprint density at radius 1 is 1.28 bits per heavy atom. The summed E-state index contributed by atoms with van der Waals surface area (Å²) in [6, 6.07) is 5.40. The summed E-state index contributed by atoms with van der Waals surface area (Å²) < 4.78 is 50.8. The number of hydrogen-bond donors (Lipinski definition) is 1. The van der Waals surface area contributed by atoms with E-state index in [0.717, 1.165) is 12.5 Å². The molecule has 0 aliphatic rings. The van der Waals surface area contributed by atoms with E-state index in [-0.39, 0.29) is 5.92 Å². The van der Waals surface area contributed by atoms with E-state index in [4.69, 9.17) is 0 Å². The molecule has 18 heavy (non-hydrogen) atoms. The lowest BCUT2D eigenvalue weighted by Crippen LogP contribution is -2.44. The Kier molecular flexibility index (Phi) is 4.37. The lowest BCUT2D eigenvalue weighted by Gasteiger charge is -2.28. The maximum atomic E-state index is 12.7. The van der Waals surface area contributed by atoms with E-state index in [1.54, 1.807) is 6.07 Å². The Bertz CT molecular complexity index is 402. The topological polar surface area (TPSA) is 20.2 Å². The molecule has 0 aromatic heterocycles. The van der Waals surface area contributed by atoms with Gasteiger partial charge in [-0.05, 0) is 23.5 Å². The maximum Gasteiger partial charge on any atom is 0.424 e. The van der Waals surface area contributed by atoms with E-state index >= 15 is 0 Å². The third kappa shape index (κ3) is 2.66. The molecule has 0 aliphatic heterocycles. The molecule has 1 rings (SSSR count). The largest absolute Gasteiger partial charge is 0.424 e. The molecule has 0 amide bonds. The van der Waals surface area contributed by atoms with Crippen LogP contribution in [0.2, 0.25) is 0 Å². The van der Waals surface area contributed by atoms with Gasteiger partial charge in [0.05, 0.1) is 0 Å². The van der Waals surface area contributed by atoms with Crippen molar-refractivity contribution < 1.29 is 22.7 Å². The van der Waals surface area contributed by atoms with Crippen LogP contribution in [0.15, 0.2) is 24.3 Å². The van der Waals surface area contributed by atoms with Gasteiger partial charge in [-0.25, -0.2) is 4.39 Å². The summed E-state index contributed by atoms with van der Waals surface area (Å²) in [5.74, 6) is 0.0574. The molecule has 1 aromatic rings. The molecule has 2 atom stereocenters. The molecule has 0 spiro atoms. The maximum absolute atomic E-state index is 12.7. The summed E-state index contributed by atoms with van der Waals surface area (Å²) in [5.41, 5.74) is -3.21. The average Bonchev–Trinajstić information content (AvgIpc) is 2.35. The van der Waals surface area contributed by atoms with Crippen LogP contribution in [0.1, 0.15) is 37.3 Å². The molecule has 0 aliphatic carbocycles. The molecule has 0 heterocycles. The normalized spacial score (nSPS) is 17.3. The Morgan fingerprint density at radius 2 is 1.89 bits per heavy atom. The minimum atomic E-state index is -5.03. The highest BCUT2D eigenvalue weighted by Crippen LogP contribution is 2.40. The third-order valence-corrected chi connectivity index (χ3v) is 3.21. The Hall–Kier alpha value is -1.10. The first kappa shape index (κ1) is 15.0. The van der Waals surface area contributed by atoms with E-state index in [9.17, 15) is 22.7 Å². The van der Waals surface area contributed by atoms with Crippen LogP contribution >= 0.6 is 0 Å². The molecule has 1 aromatic carbocycles. The molecular weight excluding hydrogens is 248 g/mol. The highest BCUT2D eigenvalue weighted by atomic mass is 19.4. The first-order valence-corrected chi connectivity index (χ1v) is 5.71. The third-order valence-electron chi connectivity index (χ3n) is 3.21. The number of halogens is 4. The standard InChI is InChI=1S/C13H16F4O/c1-3-9(2)10-5-4-6-11(7-10)12(18,8-14)13(15,16)17/h4-7,9,18H,3,8H2,1-2H3. The Labute approximate surface area is 103 Å². The number of rotatable bonds is 4. The summed E-state index contributed by atoms with van der Waals surface area (Å²) in [5, 5.41) is 9.51. The molecule has 0 bridgehead atoms. The fourth-order valence-electron chi connectivity index (χ4n) is 1.65. The zero-order valence-electron chi connectivity index (χ0n) is 10.3. The van der Waals surface area contributed by atoms with Crippen LogP contribution in [0.25, 0.3) is 0 Å². The smallest absolute Gasteiger partial charge is 0.374 e. The van der Waals surface area contributed by atoms with Gasteiger partial charge in [0.2, 0.25) is 5.60 Å². The van der Waals surface area contributed by atoms with Crippen molar-refractivity contribution in [2.75, 3.05) is 6.67 Å². The fraction of sp³-hybridized carbons (Fsp3) is 0.538. The molecule has 0 fully saturated rings. The van der Waals surface area contributed by atoms with Gasteiger partial charge < -0.3 is 5.11 Å². The van der Waals surface area contributed by atoms with Gasteiger partial charge in [-0.15, -0.1) is 0 Å². The number of aliphatic hydroxyl groups is 1. The van der Waals surface area contributed by atoms with Crippen LogP contribution < -0.4 is 0 Å². The molecule has 0 radical (unpaired) electrons. The van der Waals surface area contributed by atoms with Gasteiger partial charge in [0.15, 0.2) is 0 Å². The van der Waals surface area contributed by atoms with Crippen LogP contribution in [0, 0.1) is 0 Å². The van der Waals surface area contributed by atoms with Crippen molar-refractivity contribution in [2.45, 2.75) is 38.0 Å². The molecule has 0 saturated heterocycles. The van der Waals surface area contributed by atoms with E-state index in [1.807, 2.05) is 13.8 Å². The van der Waals surface area contributed by atoms with E-state index in [2.05, 4.69) is 0 Å². The van der Waals surface area contributed by atoms with Crippen molar-refractivity contribution in [3.63, 3.8) is 0 Å². The summed E-state index contributed by atoms with van der Waals surface area (Å²) in [7, 11) is 0. The van der Waals surface area contributed by atoms with Gasteiger partial charge in [-0.2, -0.15) is 13.2 Å². The predicted molar refractivity (Wildman–Crippen MR) is 61.1 cm³/mol. The summed E-state index contributed by atoms with van der Waals surface area (Å²) >= 11 is 0. The number of alkyl halides is 4. The highest BCUT2D eigenvalue weighted by molar-refractivity contribution is 5.31. The van der Waals surface area contributed by atoms with E-state index < -0.39 is 24.0 Å². The van der Waals surface area contributed by atoms with Crippen molar-refractivity contribution in [1.29, 1.82) is 0 Å². The second-order valence-electron chi connectivity index (χ2n) is 4.43. The van der Waals surface area contributed by atoms with Crippen molar-refractivity contribution in [1.82, 2.24) is 0 Å². The van der Waals surface area contributed by atoms with E-state index in [1.165, 1.54) is 12.1 Å². The van der Waals surface area contributed by atoms with Crippen LogP contribution in [-0.2, 0) is 5.60 Å². The van der Waals surface area contributed by atoms with Gasteiger partial charge in [0.25, 0.3) is 0 Å². The van der Waals surface area contributed by atoms with Crippen molar-refractivity contribution in [3.8, 4) is 0 Å². The molecule has 5 heteroatoms. The monoisotopic (exact) mass is 264 g/mol. The number of hydrogen-bond acceptors (Lipinski definition) is 1. The summed E-state index contributed by atoms with van der Waals surface area (Å²) in [4.78, 5) is 0. The van der Waals surface area contributed by atoms with Crippen LogP contribution in [-0.4, -0.2) is 18.0 Å². The summed E-state index contributed by atoms with van der Waals surface area (Å²) in [6.07, 6.45) is -4.28. The fourth-order valence-corrected chi connectivity index (χ4v) is 1.65. The molecular formula is C13H16F4O. The molecule has 2 unspecified atom stereocenters. The molecule has 1 nitrogen and oxygen atoms in total. The Balaban J connectivity index is 3.24. The van der Waals surface area contributed by atoms with Gasteiger partial charge in [0.1, 0.15) is 6.67 Å². The van der Waals surface area contributed by atoms with Gasteiger partial charge in [0, 0.05) is 0 Å². The predicted octanol–water partition coefficient (Wildman–Crippen LogP) is 3.92. The summed E-state index contributed by atoms with van der Waals surface area (Å²) in [6.45, 7) is 1.88. The molecule has 1 N–H and O–H groups in total. The van der Waals surface area contributed by atoms with Crippen LogP contribution in [0.3, 0.4) is 0 Å². The van der Waals surface area contributed by atoms with Crippen LogP contribution in [0.5, 0.6) is 0 Å². The lowest BCUT2D eigenvalue weighted by atomic mass is 9.89. The SMILES string of the molecule is CCC(C)c1cccc(C(O)(CF)C(F)(F)F)c1. The second-order valence-corrected chi connectivity index (χ2v) is 4.43. The van der Waals surface area contributed by atoms with Crippen molar-refractivity contribution in [2.24, 2.45) is 0 Å². The quantitative estimate of drug-likeness (QED) is 0.817. The van der Waals surface area contributed by atoms with Crippen molar-refractivity contribution >= 4 is 0 Å². The van der Waals surface area contributed by atoms with Crippen LogP contribution in [0.4, 0.5) is 17.6 Å². The van der Waals surface area contributed by atoms with Gasteiger partial charge in [-0.3, -0.25) is 0 Å². The number of benzene rings is 1. The van der Waals surface area contributed by atoms with Gasteiger partial charge >= 0.3 is 6.18 Å². The average molecular weight is 264 g/mol. The lowest BCUT2D eigenvalue weighted by molar-refractivity contribution is -0.271. The second kappa shape index (κ2) is 5.26. The Morgan fingerprint density at radius 3 is 2.33 bits per heavy atom. The molecule has 0 saturated carbocycles. The van der Waals surface area contributed by atoms with Crippen molar-refractivity contribution in [3.05, 3.63) is 35.4 Å². The zero-order valence-corrected chi connectivity index (χ0v) is 10.3.